The van der Waals surface area contributed by atoms with E-state index in [0.29, 0.717) is 0 Å². The van der Waals surface area contributed by atoms with Crippen molar-refractivity contribution >= 4 is 28.3 Å². The summed E-state index contributed by atoms with van der Waals surface area (Å²) in [6.45, 7) is 1.41. The molecule has 0 unspecified atom stereocenters. The molecule has 6 heteroatoms. The molecule has 0 bridgehead atoms. The number of nitrogen functional groups attached to an aromatic ring is 1. The summed E-state index contributed by atoms with van der Waals surface area (Å²) in [5.41, 5.74) is 6.55. The SMILES string of the molecule is C[C@H](NC(=O)COC(=O)c1ccc(F)cc1N)c1cccc2ccccc12. The normalized spacial score (nSPS) is 11.8. The van der Waals surface area contributed by atoms with Gasteiger partial charge in [-0.25, -0.2) is 9.18 Å². The number of hydrogen-bond acceptors (Lipinski definition) is 4. The second-order valence-corrected chi connectivity index (χ2v) is 6.17. The van der Waals surface area contributed by atoms with Crippen LogP contribution in [0.4, 0.5) is 10.1 Å². The molecule has 0 heterocycles. The predicted molar refractivity (Wildman–Crippen MR) is 102 cm³/mol. The highest BCUT2D eigenvalue weighted by Crippen LogP contribution is 2.24. The van der Waals surface area contributed by atoms with Crippen LogP contribution in [0.5, 0.6) is 0 Å². The van der Waals surface area contributed by atoms with Gasteiger partial charge in [-0.1, -0.05) is 42.5 Å². The first-order valence-electron chi connectivity index (χ1n) is 8.45. The number of fused-ring (bicyclic) bond motifs is 1. The minimum Gasteiger partial charge on any atom is -0.452 e. The fourth-order valence-corrected chi connectivity index (χ4v) is 2.92. The molecule has 27 heavy (non-hydrogen) atoms. The molecular weight excluding hydrogens is 347 g/mol. The van der Waals surface area contributed by atoms with E-state index >= 15 is 0 Å². The maximum atomic E-state index is 13.0. The Bertz CT molecular complexity index is 998. The number of ether oxygens (including phenoxy) is 1. The van der Waals surface area contributed by atoms with Gasteiger partial charge in [0.1, 0.15) is 5.82 Å². The van der Waals surface area contributed by atoms with E-state index in [1.54, 1.807) is 0 Å². The summed E-state index contributed by atoms with van der Waals surface area (Å²) < 4.78 is 18.0. The van der Waals surface area contributed by atoms with Gasteiger partial charge in [0.2, 0.25) is 0 Å². The minimum absolute atomic E-state index is 0.0197. The molecule has 138 valence electrons. The summed E-state index contributed by atoms with van der Waals surface area (Å²) in [6, 6.07) is 16.9. The number of amides is 1. The fraction of sp³-hybridized carbons (Fsp3) is 0.143. The highest BCUT2D eigenvalue weighted by Gasteiger charge is 2.16. The van der Waals surface area contributed by atoms with E-state index in [2.05, 4.69) is 5.32 Å². The fourth-order valence-electron chi connectivity index (χ4n) is 2.92. The van der Waals surface area contributed by atoms with Gasteiger partial charge >= 0.3 is 5.97 Å². The zero-order valence-corrected chi connectivity index (χ0v) is 14.7. The van der Waals surface area contributed by atoms with Crippen LogP contribution in [0.15, 0.2) is 60.7 Å². The third-order valence-corrected chi connectivity index (χ3v) is 4.24. The highest BCUT2D eigenvalue weighted by molar-refractivity contribution is 5.96. The lowest BCUT2D eigenvalue weighted by molar-refractivity contribution is -0.124. The number of hydrogen-bond donors (Lipinski definition) is 2. The van der Waals surface area contributed by atoms with Crippen molar-refractivity contribution in [2.45, 2.75) is 13.0 Å². The van der Waals surface area contributed by atoms with Gasteiger partial charge in [-0.05, 0) is 41.5 Å². The van der Waals surface area contributed by atoms with Crippen LogP contribution >= 0.6 is 0 Å². The quantitative estimate of drug-likeness (QED) is 0.534. The number of esters is 1. The lowest BCUT2D eigenvalue weighted by atomic mass is 10.00. The highest BCUT2D eigenvalue weighted by atomic mass is 19.1. The summed E-state index contributed by atoms with van der Waals surface area (Å²) in [5, 5.41) is 4.93. The van der Waals surface area contributed by atoms with E-state index < -0.39 is 24.3 Å². The Morgan fingerprint density at radius 3 is 2.63 bits per heavy atom. The summed E-state index contributed by atoms with van der Waals surface area (Å²) in [4.78, 5) is 24.2. The second-order valence-electron chi connectivity index (χ2n) is 6.17. The maximum absolute atomic E-state index is 13.0. The first-order valence-corrected chi connectivity index (χ1v) is 8.45. The van der Waals surface area contributed by atoms with Crippen molar-refractivity contribution in [3.8, 4) is 0 Å². The van der Waals surface area contributed by atoms with Crippen molar-refractivity contribution in [2.75, 3.05) is 12.3 Å². The smallest absolute Gasteiger partial charge is 0.340 e. The van der Waals surface area contributed by atoms with Crippen molar-refractivity contribution in [1.82, 2.24) is 5.32 Å². The first kappa shape index (κ1) is 18.4. The molecule has 3 aromatic rings. The Kier molecular flexibility index (Phi) is 5.35. The molecule has 0 saturated carbocycles. The van der Waals surface area contributed by atoms with Crippen molar-refractivity contribution in [3.63, 3.8) is 0 Å². The number of anilines is 1. The molecule has 0 aliphatic carbocycles. The Labute approximate surface area is 155 Å². The monoisotopic (exact) mass is 366 g/mol. The number of carbonyl (C=O) groups is 2. The van der Waals surface area contributed by atoms with Crippen LogP contribution in [0.3, 0.4) is 0 Å². The van der Waals surface area contributed by atoms with Crippen LogP contribution in [0.25, 0.3) is 10.8 Å². The largest absolute Gasteiger partial charge is 0.452 e. The number of nitrogens with two attached hydrogens (primary N) is 1. The average Bonchev–Trinajstić information content (AvgIpc) is 2.65. The van der Waals surface area contributed by atoms with E-state index in [4.69, 9.17) is 10.5 Å². The zero-order valence-electron chi connectivity index (χ0n) is 14.7. The van der Waals surface area contributed by atoms with Crippen LogP contribution in [0.2, 0.25) is 0 Å². The molecule has 0 aliphatic rings. The van der Waals surface area contributed by atoms with Crippen molar-refractivity contribution in [3.05, 3.63) is 77.6 Å². The van der Waals surface area contributed by atoms with Crippen LogP contribution in [0, 0.1) is 5.82 Å². The van der Waals surface area contributed by atoms with E-state index in [9.17, 15) is 14.0 Å². The van der Waals surface area contributed by atoms with Crippen LogP contribution in [-0.4, -0.2) is 18.5 Å². The summed E-state index contributed by atoms with van der Waals surface area (Å²) >= 11 is 0. The van der Waals surface area contributed by atoms with Crippen molar-refractivity contribution in [1.29, 1.82) is 0 Å². The molecule has 1 amide bonds. The van der Waals surface area contributed by atoms with Crippen molar-refractivity contribution in [2.24, 2.45) is 0 Å². The second kappa shape index (κ2) is 7.86. The Morgan fingerprint density at radius 2 is 1.85 bits per heavy atom. The maximum Gasteiger partial charge on any atom is 0.340 e. The van der Waals surface area contributed by atoms with Gasteiger partial charge in [0.25, 0.3) is 5.91 Å². The summed E-state index contributed by atoms with van der Waals surface area (Å²) in [7, 11) is 0. The van der Waals surface area contributed by atoms with Gasteiger partial charge in [-0.3, -0.25) is 4.79 Å². The number of halogens is 1. The molecule has 3 aromatic carbocycles. The number of rotatable bonds is 5. The van der Waals surface area contributed by atoms with Crippen molar-refractivity contribution < 1.29 is 18.7 Å². The van der Waals surface area contributed by atoms with Crippen LogP contribution < -0.4 is 11.1 Å². The first-order chi connectivity index (χ1) is 13.0. The molecule has 0 aromatic heterocycles. The Balaban J connectivity index is 1.62. The van der Waals surface area contributed by atoms with E-state index in [0.717, 1.165) is 28.5 Å². The van der Waals surface area contributed by atoms with Gasteiger partial charge < -0.3 is 15.8 Å². The van der Waals surface area contributed by atoms with E-state index in [-0.39, 0.29) is 17.3 Å². The van der Waals surface area contributed by atoms with Crippen LogP contribution in [0.1, 0.15) is 28.9 Å². The predicted octanol–water partition coefficient (Wildman–Crippen LogP) is 3.60. The third-order valence-electron chi connectivity index (χ3n) is 4.24. The number of benzene rings is 3. The molecule has 5 nitrogen and oxygen atoms in total. The van der Waals surface area contributed by atoms with E-state index in [1.807, 2.05) is 49.4 Å². The lowest BCUT2D eigenvalue weighted by Gasteiger charge is -2.16. The molecule has 0 fully saturated rings. The molecule has 3 N–H and O–H groups in total. The van der Waals surface area contributed by atoms with Gasteiger partial charge in [0.05, 0.1) is 11.6 Å². The summed E-state index contributed by atoms with van der Waals surface area (Å²) in [5.74, 6) is -1.77. The molecule has 1 atom stereocenters. The van der Waals surface area contributed by atoms with Gasteiger partial charge in [0.15, 0.2) is 6.61 Å². The zero-order chi connectivity index (χ0) is 19.4. The molecule has 3 rings (SSSR count). The molecular formula is C21H19FN2O3. The minimum atomic E-state index is -0.777. The van der Waals surface area contributed by atoms with E-state index in [1.165, 1.54) is 6.07 Å². The molecule has 0 aliphatic heterocycles. The molecule has 0 radical (unpaired) electrons. The standard InChI is InChI=1S/C21H19FN2O3/c1-13(16-8-4-6-14-5-2-3-7-17(14)16)24-20(25)12-27-21(26)18-10-9-15(22)11-19(18)23/h2-11,13H,12,23H2,1H3,(H,24,25)/t13-/m0/s1. The average molecular weight is 366 g/mol. The Hall–Kier alpha value is -3.41. The van der Waals surface area contributed by atoms with Gasteiger partial charge in [-0.2, -0.15) is 0 Å². The van der Waals surface area contributed by atoms with Gasteiger partial charge in [0, 0.05) is 5.69 Å². The van der Waals surface area contributed by atoms with Crippen LogP contribution in [-0.2, 0) is 9.53 Å². The van der Waals surface area contributed by atoms with Gasteiger partial charge in [-0.15, -0.1) is 0 Å². The summed E-state index contributed by atoms with van der Waals surface area (Å²) in [6.07, 6.45) is 0. The lowest BCUT2D eigenvalue weighted by Crippen LogP contribution is -2.31. The third kappa shape index (κ3) is 4.23. The number of nitrogens with one attached hydrogen (secondary N) is 1. The Morgan fingerprint density at radius 1 is 1.11 bits per heavy atom. The topological polar surface area (TPSA) is 81.4 Å². The number of carbonyl (C=O) groups excluding carboxylic acids is 2. The molecule has 0 spiro atoms. The molecule has 0 saturated heterocycles.